The zero-order chi connectivity index (χ0) is 25.2. The highest BCUT2D eigenvalue weighted by Gasteiger charge is 2.24. The number of aryl methyl sites for hydroxylation is 1. The number of hydrogen-bond acceptors (Lipinski definition) is 6. The number of nitrogens with one attached hydrogen (secondary N) is 2. The van der Waals surface area contributed by atoms with Gasteiger partial charge in [0.25, 0.3) is 11.8 Å². The molecular weight excluding hydrogens is 458 g/mol. The van der Waals surface area contributed by atoms with E-state index in [-0.39, 0.29) is 17.6 Å². The monoisotopic (exact) mass is 483 g/mol. The number of amides is 2. The van der Waals surface area contributed by atoms with Crippen molar-refractivity contribution in [2.75, 3.05) is 31.0 Å². The van der Waals surface area contributed by atoms with E-state index >= 15 is 0 Å². The first-order valence-corrected chi connectivity index (χ1v) is 11.4. The van der Waals surface area contributed by atoms with Gasteiger partial charge in [-0.25, -0.2) is 4.98 Å². The molecule has 0 aliphatic carbocycles. The van der Waals surface area contributed by atoms with Crippen molar-refractivity contribution < 1.29 is 19.1 Å². The summed E-state index contributed by atoms with van der Waals surface area (Å²) in [5, 5.41) is 2.90. The average Bonchev–Trinajstić information content (AvgIpc) is 3.57. The minimum atomic E-state index is -0.445. The predicted molar refractivity (Wildman–Crippen MR) is 138 cm³/mol. The number of imidazole rings is 1. The van der Waals surface area contributed by atoms with Gasteiger partial charge < -0.3 is 24.7 Å². The number of aliphatic imine (C=N–C) groups is 1. The zero-order valence-electron chi connectivity index (χ0n) is 20.1. The molecule has 2 N–H and O–H groups in total. The maximum absolute atomic E-state index is 13.4. The van der Waals surface area contributed by atoms with Gasteiger partial charge in [0.2, 0.25) is 0 Å². The van der Waals surface area contributed by atoms with Crippen molar-refractivity contribution in [3.05, 3.63) is 83.2 Å². The van der Waals surface area contributed by atoms with Gasteiger partial charge in [0.1, 0.15) is 17.1 Å². The Morgan fingerprint density at radius 3 is 2.75 bits per heavy atom. The number of benzene rings is 3. The number of ether oxygens (including phenoxy) is 2. The highest BCUT2D eigenvalue weighted by molar-refractivity contribution is 6.11. The molecule has 0 saturated carbocycles. The molecule has 1 aromatic heterocycles. The first-order valence-electron chi connectivity index (χ1n) is 11.4. The summed E-state index contributed by atoms with van der Waals surface area (Å²) in [7, 11) is 3.16. The van der Waals surface area contributed by atoms with Gasteiger partial charge in [-0.3, -0.25) is 14.6 Å². The molecule has 0 fully saturated rings. The Bertz CT molecular complexity index is 1490. The molecule has 2 heterocycles. The maximum Gasteiger partial charge on any atom is 0.259 e. The minimum absolute atomic E-state index is 0.258. The third-order valence-electron chi connectivity index (χ3n) is 6.01. The van der Waals surface area contributed by atoms with Crippen LogP contribution in [0.4, 0.5) is 11.4 Å². The van der Waals surface area contributed by atoms with E-state index in [0.717, 1.165) is 16.9 Å². The zero-order valence-corrected chi connectivity index (χ0v) is 20.1. The number of carbonyl (C=O) groups is 2. The van der Waals surface area contributed by atoms with E-state index < -0.39 is 6.23 Å². The molecule has 4 aromatic rings. The van der Waals surface area contributed by atoms with Crippen molar-refractivity contribution in [1.82, 2.24) is 9.97 Å². The van der Waals surface area contributed by atoms with Crippen LogP contribution in [0.5, 0.6) is 5.75 Å². The molecule has 182 valence electrons. The highest BCUT2D eigenvalue weighted by Crippen LogP contribution is 2.32. The van der Waals surface area contributed by atoms with E-state index in [1.54, 1.807) is 42.4 Å². The van der Waals surface area contributed by atoms with Gasteiger partial charge in [-0.15, -0.1) is 0 Å². The largest absolute Gasteiger partial charge is 0.496 e. The summed E-state index contributed by atoms with van der Waals surface area (Å²) >= 11 is 0. The van der Waals surface area contributed by atoms with E-state index in [4.69, 9.17) is 9.47 Å². The predicted octanol–water partition coefficient (Wildman–Crippen LogP) is 4.51. The van der Waals surface area contributed by atoms with Crippen LogP contribution >= 0.6 is 0 Å². The van der Waals surface area contributed by atoms with E-state index in [1.807, 2.05) is 43.3 Å². The van der Waals surface area contributed by atoms with Gasteiger partial charge in [-0.05, 0) is 43.3 Å². The number of anilines is 2. The molecule has 0 spiro atoms. The maximum atomic E-state index is 13.4. The molecular formula is C27H25N5O4. The van der Waals surface area contributed by atoms with Gasteiger partial charge in [0.15, 0.2) is 6.23 Å². The fourth-order valence-electron chi connectivity index (χ4n) is 4.25. The number of fused-ring (bicyclic) bond motifs is 1. The smallest absolute Gasteiger partial charge is 0.259 e. The Kier molecular flexibility index (Phi) is 6.22. The topological polar surface area (TPSA) is 109 Å². The average molecular weight is 484 g/mol. The summed E-state index contributed by atoms with van der Waals surface area (Å²) in [6.45, 7) is 2.29. The summed E-state index contributed by atoms with van der Waals surface area (Å²) in [5.74, 6) is 0.415. The van der Waals surface area contributed by atoms with Gasteiger partial charge >= 0.3 is 0 Å². The van der Waals surface area contributed by atoms with Crippen molar-refractivity contribution in [3.63, 3.8) is 0 Å². The highest BCUT2D eigenvalue weighted by atomic mass is 16.5. The molecule has 1 atom stereocenters. The molecule has 0 bridgehead atoms. The Labute approximate surface area is 207 Å². The first-order chi connectivity index (χ1) is 17.5. The van der Waals surface area contributed by atoms with Crippen LogP contribution in [0.2, 0.25) is 0 Å². The van der Waals surface area contributed by atoms with Crippen LogP contribution in [0.25, 0.3) is 11.0 Å². The normalized spacial score (nSPS) is 14.7. The number of aromatic nitrogens is 2. The number of methoxy groups -OCH3 is 1. The lowest BCUT2D eigenvalue weighted by Gasteiger charge is -2.23. The Hall–Kier alpha value is -4.50. The summed E-state index contributed by atoms with van der Waals surface area (Å²) in [6.07, 6.45) is 1.27. The lowest BCUT2D eigenvalue weighted by atomic mass is 10.1. The Morgan fingerprint density at radius 2 is 1.97 bits per heavy atom. The SMILES string of the molecule is COc1cc(C(=O)N(C)c2ccccc2C2N=CCO2)ccc1C(=O)Nc1cccc2[nH]c(C)nc12. The van der Waals surface area contributed by atoms with Gasteiger partial charge in [-0.2, -0.15) is 0 Å². The van der Waals surface area contributed by atoms with E-state index in [1.165, 1.54) is 7.11 Å². The molecule has 0 saturated heterocycles. The number of hydrogen-bond donors (Lipinski definition) is 2. The van der Waals surface area contributed by atoms with E-state index in [2.05, 4.69) is 20.3 Å². The molecule has 0 radical (unpaired) electrons. The van der Waals surface area contributed by atoms with Crippen LogP contribution in [0.3, 0.4) is 0 Å². The fourth-order valence-corrected chi connectivity index (χ4v) is 4.25. The number of rotatable bonds is 6. The van der Waals surface area contributed by atoms with Crippen LogP contribution < -0.4 is 15.0 Å². The lowest BCUT2D eigenvalue weighted by Crippen LogP contribution is -2.27. The van der Waals surface area contributed by atoms with Crippen molar-refractivity contribution in [2.45, 2.75) is 13.2 Å². The standard InChI is InChI=1S/C27H25N5O4/c1-16-29-20-8-6-9-21(24(20)30-16)31-25(33)19-12-11-17(15-23(19)35-3)27(34)32(2)22-10-5-4-7-18(22)26-28-13-14-36-26/h4-13,15,26H,14H2,1-3H3,(H,29,30)(H,31,33). The van der Waals surface area contributed by atoms with E-state index in [9.17, 15) is 9.59 Å². The van der Waals surface area contributed by atoms with Gasteiger partial charge in [0, 0.05) is 24.4 Å². The number of H-pyrrole nitrogens is 1. The van der Waals surface area contributed by atoms with Crippen LogP contribution in [0.1, 0.15) is 38.3 Å². The number of aromatic amines is 1. The van der Waals surface area contributed by atoms with Crippen molar-refractivity contribution in [3.8, 4) is 5.75 Å². The van der Waals surface area contributed by atoms with Crippen LogP contribution in [0, 0.1) is 6.92 Å². The summed E-state index contributed by atoms with van der Waals surface area (Å²) in [5.41, 5.74) is 4.25. The molecule has 1 aliphatic rings. The molecule has 9 heteroatoms. The van der Waals surface area contributed by atoms with Crippen molar-refractivity contribution >= 4 is 40.4 Å². The second kappa shape index (κ2) is 9.63. The third-order valence-corrected chi connectivity index (χ3v) is 6.01. The molecule has 1 aliphatic heterocycles. The van der Waals surface area contributed by atoms with Crippen LogP contribution in [-0.4, -0.2) is 48.8 Å². The second-order valence-electron chi connectivity index (χ2n) is 8.33. The third kappa shape index (κ3) is 4.32. The Morgan fingerprint density at radius 1 is 1.14 bits per heavy atom. The molecule has 9 nitrogen and oxygen atoms in total. The molecule has 36 heavy (non-hydrogen) atoms. The Balaban J connectivity index is 1.40. The summed E-state index contributed by atoms with van der Waals surface area (Å²) in [6, 6.07) is 17.8. The summed E-state index contributed by atoms with van der Waals surface area (Å²) in [4.78, 5) is 40.0. The quantitative estimate of drug-likeness (QED) is 0.420. The number of carbonyl (C=O) groups excluding carboxylic acids is 2. The molecule has 2 amide bonds. The first kappa shape index (κ1) is 23.3. The van der Waals surface area contributed by atoms with Crippen LogP contribution in [-0.2, 0) is 4.74 Å². The van der Waals surface area contributed by atoms with Gasteiger partial charge in [0.05, 0.1) is 36.2 Å². The molecule has 5 rings (SSSR count). The van der Waals surface area contributed by atoms with Crippen LogP contribution in [0.15, 0.2) is 65.7 Å². The number of para-hydroxylation sites is 2. The molecule has 3 aromatic carbocycles. The van der Waals surface area contributed by atoms with Crippen molar-refractivity contribution in [2.24, 2.45) is 4.99 Å². The van der Waals surface area contributed by atoms with Crippen molar-refractivity contribution in [1.29, 1.82) is 0 Å². The summed E-state index contributed by atoms with van der Waals surface area (Å²) < 4.78 is 11.1. The fraction of sp³-hybridized carbons (Fsp3) is 0.185. The van der Waals surface area contributed by atoms with Gasteiger partial charge in [-0.1, -0.05) is 24.3 Å². The van der Waals surface area contributed by atoms with E-state index in [0.29, 0.717) is 34.6 Å². The lowest BCUT2D eigenvalue weighted by molar-refractivity contribution is 0.0983. The molecule has 1 unspecified atom stereocenters. The minimum Gasteiger partial charge on any atom is -0.496 e. The second-order valence-corrected chi connectivity index (χ2v) is 8.33. The number of nitrogens with zero attached hydrogens (tertiary/aromatic N) is 3.